The van der Waals surface area contributed by atoms with Gasteiger partial charge in [-0.15, -0.1) is 0 Å². The molecular formula is C23H23Cl2N7O3S. The van der Waals surface area contributed by atoms with Crippen molar-refractivity contribution in [2.75, 3.05) is 29.9 Å². The number of amides is 1. The molecular weight excluding hydrogens is 525 g/mol. The number of nitrogens with zero attached hydrogens (tertiary/aromatic N) is 4. The molecule has 0 aromatic carbocycles. The number of aromatic nitrogens is 3. The minimum absolute atomic E-state index is 0.0377. The minimum Gasteiger partial charge on any atom is -0.492 e. The molecule has 0 saturated carbocycles. The maximum absolute atomic E-state index is 13.5. The fraction of sp³-hybridized carbons (Fsp3) is 0.348. The number of fused-ring (bicyclic) bond motifs is 1. The Morgan fingerprint density at radius 1 is 1.42 bits per heavy atom. The first-order chi connectivity index (χ1) is 17.3. The van der Waals surface area contributed by atoms with Gasteiger partial charge in [0, 0.05) is 42.7 Å². The molecule has 0 spiro atoms. The Bertz CT molecular complexity index is 1340. The summed E-state index contributed by atoms with van der Waals surface area (Å²) in [6.07, 6.45) is 4.08. The maximum atomic E-state index is 13.5. The van der Waals surface area contributed by atoms with Crippen molar-refractivity contribution in [2.45, 2.75) is 32.3 Å². The molecule has 0 radical (unpaired) electrons. The SMILES string of the molecule is Cc1c(Nc2snc(O)c2C(=N)NCC2CCCO2)ccnc1C(=O)N1CCc2c(Cl)cc(Cl)nc21. The van der Waals surface area contributed by atoms with E-state index in [0.29, 0.717) is 46.6 Å². The highest BCUT2D eigenvalue weighted by Gasteiger charge is 2.31. The summed E-state index contributed by atoms with van der Waals surface area (Å²) in [5, 5.41) is 26.1. The van der Waals surface area contributed by atoms with Crippen LogP contribution in [-0.2, 0) is 11.2 Å². The molecule has 188 valence electrons. The summed E-state index contributed by atoms with van der Waals surface area (Å²) in [6, 6.07) is 3.29. The van der Waals surface area contributed by atoms with E-state index in [1.165, 1.54) is 11.1 Å². The lowest BCUT2D eigenvalue weighted by Crippen LogP contribution is -2.32. The highest BCUT2D eigenvalue weighted by atomic mass is 35.5. The number of nitrogens with one attached hydrogen (secondary N) is 3. The van der Waals surface area contributed by atoms with E-state index in [4.69, 9.17) is 33.3 Å². The van der Waals surface area contributed by atoms with Gasteiger partial charge in [0.25, 0.3) is 5.91 Å². The largest absolute Gasteiger partial charge is 0.492 e. The molecule has 0 bridgehead atoms. The second-order valence-corrected chi connectivity index (χ2v) is 10.1. The first-order valence-corrected chi connectivity index (χ1v) is 12.9. The van der Waals surface area contributed by atoms with Gasteiger partial charge in [-0.2, -0.15) is 4.37 Å². The van der Waals surface area contributed by atoms with E-state index >= 15 is 0 Å². The number of halogens is 2. The number of ether oxygens (including phenoxy) is 1. The van der Waals surface area contributed by atoms with Gasteiger partial charge in [0.15, 0.2) is 0 Å². The summed E-state index contributed by atoms with van der Waals surface area (Å²) in [6.45, 7) is 3.39. The van der Waals surface area contributed by atoms with Crippen LogP contribution in [0.5, 0.6) is 5.88 Å². The molecule has 5 heterocycles. The molecule has 1 amide bonds. The van der Waals surface area contributed by atoms with Crippen LogP contribution in [-0.4, -0.2) is 57.0 Å². The first kappa shape index (κ1) is 24.7. The van der Waals surface area contributed by atoms with Crippen LogP contribution in [0.1, 0.15) is 40.0 Å². The molecule has 1 fully saturated rings. The number of amidine groups is 1. The number of carbonyl (C=O) groups excluding carboxylic acids is 1. The van der Waals surface area contributed by atoms with Gasteiger partial charge in [-0.25, -0.2) is 4.98 Å². The molecule has 4 N–H and O–H groups in total. The highest BCUT2D eigenvalue weighted by molar-refractivity contribution is 7.11. The van der Waals surface area contributed by atoms with Crippen molar-refractivity contribution in [3.05, 3.63) is 50.9 Å². The second-order valence-electron chi connectivity index (χ2n) is 8.49. The number of rotatable bonds is 6. The van der Waals surface area contributed by atoms with Crippen LogP contribution in [0.2, 0.25) is 10.2 Å². The number of anilines is 3. The van der Waals surface area contributed by atoms with Crippen LogP contribution in [0.25, 0.3) is 0 Å². The Balaban J connectivity index is 1.37. The Labute approximate surface area is 221 Å². The standard InChI is InChI=1S/C23H23Cl2N7O3S/c1-11-15(29-22-17(21(33)31-36-22)19(26)28-10-12-3-2-8-35-12)4-6-27-18(11)23(34)32-7-5-13-14(24)9-16(25)30-20(13)32/h4,6,9,12H,2-3,5,7-8,10H2,1H3,(H2,26,28)(H,27,29)(H,31,33). The van der Waals surface area contributed by atoms with Gasteiger partial charge in [-0.05, 0) is 49.9 Å². The van der Waals surface area contributed by atoms with E-state index in [1.54, 1.807) is 19.1 Å². The molecule has 10 nitrogen and oxygen atoms in total. The number of pyridine rings is 2. The molecule has 1 unspecified atom stereocenters. The fourth-order valence-corrected chi connectivity index (χ4v) is 5.56. The predicted molar refractivity (Wildman–Crippen MR) is 139 cm³/mol. The third-order valence-electron chi connectivity index (χ3n) is 6.21. The third kappa shape index (κ3) is 4.71. The molecule has 2 aliphatic rings. The molecule has 3 aromatic heterocycles. The van der Waals surface area contributed by atoms with Crippen LogP contribution in [0.3, 0.4) is 0 Å². The van der Waals surface area contributed by atoms with Gasteiger partial charge in [0.05, 0.1) is 11.1 Å². The lowest BCUT2D eigenvalue weighted by Gasteiger charge is -2.19. The van der Waals surface area contributed by atoms with Crippen LogP contribution in [0.4, 0.5) is 16.5 Å². The molecule has 0 aliphatic carbocycles. The summed E-state index contributed by atoms with van der Waals surface area (Å²) in [7, 11) is 0. The highest BCUT2D eigenvalue weighted by Crippen LogP contribution is 2.36. The van der Waals surface area contributed by atoms with Crippen molar-refractivity contribution in [1.82, 2.24) is 19.7 Å². The molecule has 2 aliphatic heterocycles. The lowest BCUT2D eigenvalue weighted by atomic mass is 10.1. The molecule has 3 aromatic rings. The van der Waals surface area contributed by atoms with Crippen molar-refractivity contribution in [3.8, 4) is 5.88 Å². The minimum atomic E-state index is -0.320. The van der Waals surface area contributed by atoms with E-state index < -0.39 is 0 Å². The zero-order chi connectivity index (χ0) is 25.4. The number of carbonyl (C=O) groups is 1. The number of aromatic hydroxyl groups is 1. The van der Waals surface area contributed by atoms with Crippen molar-refractivity contribution in [3.63, 3.8) is 0 Å². The van der Waals surface area contributed by atoms with Gasteiger partial charge in [-0.3, -0.25) is 20.1 Å². The van der Waals surface area contributed by atoms with Crippen molar-refractivity contribution >= 4 is 63.0 Å². The van der Waals surface area contributed by atoms with Gasteiger partial charge in [0.2, 0.25) is 5.88 Å². The maximum Gasteiger partial charge on any atom is 0.278 e. The van der Waals surface area contributed by atoms with E-state index in [9.17, 15) is 9.90 Å². The topological polar surface area (TPSA) is 136 Å². The monoisotopic (exact) mass is 547 g/mol. The Hall–Kier alpha value is -2.99. The Morgan fingerprint density at radius 2 is 2.25 bits per heavy atom. The van der Waals surface area contributed by atoms with Gasteiger partial charge in [-0.1, -0.05) is 23.2 Å². The first-order valence-electron chi connectivity index (χ1n) is 11.4. The van der Waals surface area contributed by atoms with E-state index in [2.05, 4.69) is 25.0 Å². The fourth-order valence-electron chi connectivity index (χ4n) is 4.32. The summed E-state index contributed by atoms with van der Waals surface area (Å²) < 4.78 is 9.60. The number of hydrogen-bond acceptors (Lipinski definition) is 9. The van der Waals surface area contributed by atoms with Crippen LogP contribution >= 0.6 is 34.7 Å². The Kier molecular flexibility index (Phi) is 6.98. The summed E-state index contributed by atoms with van der Waals surface area (Å²) in [5.41, 5.74) is 2.47. The second kappa shape index (κ2) is 10.2. The normalized spacial score (nSPS) is 16.8. The quantitative estimate of drug-likeness (QED) is 0.204. The van der Waals surface area contributed by atoms with Crippen molar-refractivity contribution in [2.24, 2.45) is 0 Å². The molecule has 13 heteroatoms. The van der Waals surface area contributed by atoms with Crippen molar-refractivity contribution < 1.29 is 14.6 Å². The summed E-state index contributed by atoms with van der Waals surface area (Å²) in [4.78, 5) is 23.6. The average molecular weight is 548 g/mol. The summed E-state index contributed by atoms with van der Waals surface area (Å²) in [5.74, 6) is -0.0869. The summed E-state index contributed by atoms with van der Waals surface area (Å²) >= 11 is 13.4. The average Bonchev–Trinajstić information content (AvgIpc) is 3.59. The van der Waals surface area contributed by atoms with Crippen LogP contribution in [0, 0.1) is 12.3 Å². The zero-order valence-corrected chi connectivity index (χ0v) is 21.6. The van der Waals surface area contributed by atoms with Crippen LogP contribution < -0.4 is 15.5 Å². The number of hydrogen-bond donors (Lipinski definition) is 4. The third-order valence-corrected chi connectivity index (χ3v) is 7.50. The molecule has 5 rings (SSSR count). The molecule has 36 heavy (non-hydrogen) atoms. The smallest absolute Gasteiger partial charge is 0.278 e. The molecule has 1 saturated heterocycles. The molecule has 1 atom stereocenters. The van der Waals surface area contributed by atoms with Gasteiger partial charge in [0.1, 0.15) is 33.1 Å². The van der Waals surface area contributed by atoms with Crippen molar-refractivity contribution in [1.29, 1.82) is 5.41 Å². The predicted octanol–water partition coefficient (Wildman–Crippen LogP) is 4.29. The van der Waals surface area contributed by atoms with Gasteiger partial charge < -0.3 is 20.5 Å². The van der Waals surface area contributed by atoms with E-state index in [-0.39, 0.29) is 40.1 Å². The lowest BCUT2D eigenvalue weighted by molar-refractivity contribution is 0.0983. The van der Waals surface area contributed by atoms with E-state index in [0.717, 1.165) is 36.5 Å². The van der Waals surface area contributed by atoms with Crippen LogP contribution in [0.15, 0.2) is 18.3 Å². The van der Waals surface area contributed by atoms with E-state index in [1.807, 2.05) is 0 Å². The zero-order valence-electron chi connectivity index (χ0n) is 19.3. The Morgan fingerprint density at radius 3 is 3.03 bits per heavy atom. The van der Waals surface area contributed by atoms with Gasteiger partial charge >= 0.3 is 0 Å².